The van der Waals surface area contributed by atoms with Crippen LogP contribution < -0.4 is 10.5 Å². The molecular formula is C12H14F3NO2. The van der Waals surface area contributed by atoms with Crippen LogP contribution in [0.3, 0.4) is 0 Å². The lowest BCUT2D eigenvalue weighted by Crippen LogP contribution is -2.45. The molecule has 1 unspecified atom stereocenters. The summed E-state index contributed by atoms with van der Waals surface area (Å²) >= 11 is 0. The van der Waals surface area contributed by atoms with Crippen molar-refractivity contribution in [3.05, 3.63) is 29.8 Å². The molecule has 1 aromatic carbocycles. The van der Waals surface area contributed by atoms with Crippen LogP contribution in [-0.2, 0) is 10.3 Å². The first-order valence-electron chi connectivity index (χ1n) is 5.63. The van der Waals surface area contributed by atoms with Gasteiger partial charge in [-0.15, -0.1) is 13.2 Å². The Morgan fingerprint density at radius 3 is 2.61 bits per heavy atom. The third kappa shape index (κ3) is 2.94. The molecule has 6 heteroatoms. The summed E-state index contributed by atoms with van der Waals surface area (Å²) in [6.45, 7) is 0.784. The van der Waals surface area contributed by atoms with Crippen molar-refractivity contribution in [2.75, 3.05) is 13.2 Å². The van der Waals surface area contributed by atoms with Crippen LogP contribution in [0, 0.1) is 0 Å². The Kier molecular flexibility index (Phi) is 3.49. The monoisotopic (exact) mass is 261 g/mol. The minimum atomic E-state index is -4.72. The van der Waals surface area contributed by atoms with Gasteiger partial charge in [-0.25, -0.2) is 0 Å². The van der Waals surface area contributed by atoms with Gasteiger partial charge in [-0.2, -0.15) is 0 Å². The Bertz CT molecular complexity index is 414. The molecule has 1 aromatic rings. The fraction of sp³-hybridized carbons (Fsp3) is 0.500. The number of ether oxygens (including phenoxy) is 2. The van der Waals surface area contributed by atoms with Crippen molar-refractivity contribution in [3.63, 3.8) is 0 Å². The van der Waals surface area contributed by atoms with Crippen molar-refractivity contribution in [2.24, 2.45) is 5.73 Å². The van der Waals surface area contributed by atoms with E-state index < -0.39 is 11.9 Å². The number of hydrogen-bond donors (Lipinski definition) is 1. The van der Waals surface area contributed by atoms with Crippen molar-refractivity contribution >= 4 is 0 Å². The van der Waals surface area contributed by atoms with Crippen LogP contribution in [0.4, 0.5) is 13.2 Å². The Morgan fingerprint density at radius 1 is 1.28 bits per heavy atom. The van der Waals surface area contributed by atoms with E-state index in [-0.39, 0.29) is 12.4 Å². The van der Waals surface area contributed by atoms with Crippen molar-refractivity contribution in [1.29, 1.82) is 0 Å². The summed E-state index contributed by atoms with van der Waals surface area (Å²) in [5, 5.41) is 0. The van der Waals surface area contributed by atoms with Gasteiger partial charge in [0.25, 0.3) is 0 Å². The quantitative estimate of drug-likeness (QED) is 0.889. The third-order valence-corrected chi connectivity index (χ3v) is 2.92. The molecule has 1 fully saturated rings. The minimum absolute atomic E-state index is 0.200. The number of benzene rings is 1. The number of hydrogen-bond acceptors (Lipinski definition) is 3. The van der Waals surface area contributed by atoms with Gasteiger partial charge < -0.3 is 15.2 Å². The summed E-state index contributed by atoms with van der Waals surface area (Å²) in [5.41, 5.74) is 5.55. The van der Waals surface area contributed by atoms with Gasteiger partial charge in [0.15, 0.2) is 0 Å². The molecule has 18 heavy (non-hydrogen) atoms. The number of alkyl halides is 3. The van der Waals surface area contributed by atoms with E-state index in [4.69, 9.17) is 10.5 Å². The molecule has 0 aliphatic carbocycles. The third-order valence-electron chi connectivity index (χ3n) is 2.92. The summed E-state index contributed by atoms with van der Waals surface area (Å²) in [6.07, 6.45) is -3.43. The van der Waals surface area contributed by atoms with Gasteiger partial charge >= 0.3 is 6.36 Å². The van der Waals surface area contributed by atoms with Gasteiger partial charge in [-0.1, -0.05) is 18.2 Å². The van der Waals surface area contributed by atoms with Crippen LogP contribution >= 0.6 is 0 Å². The normalized spacial score (nSPS) is 24.9. The molecule has 100 valence electrons. The number of nitrogens with two attached hydrogens (primary N) is 1. The summed E-state index contributed by atoms with van der Waals surface area (Å²) in [7, 11) is 0. The molecule has 0 amide bonds. The molecule has 2 rings (SSSR count). The zero-order valence-electron chi connectivity index (χ0n) is 9.67. The lowest BCUT2D eigenvalue weighted by Gasteiger charge is -2.34. The Balaban J connectivity index is 2.32. The maximum absolute atomic E-state index is 12.3. The van der Waals surface area contributed by atoms with Crippen LogP contribution in [0.1, 0.15) is 18.4 Å². The lowest BCUT2D eigenvalue weighted by atomic mass is 9.85. The smallest absolute Gasteiger partial charge is 0.405 e. The zero-order chi connectivity index (χ0) is 13.2. The molecule has 3 nitrogen and oxygen atoms in total. The van der Waals surface area contributed by atoms with Gasteiger partial charge in [-0.3, -0.25) is 0 Å². The van der Waals surface area contributed by atoms with E-state index in [0.717, 1.165) is 6.42 Å². The number of para-hydroxylation sites is 1. The molecule has 1 aliphatic heterocycles. The average Bonchev–Trinajstić information content (AvgIpc) is 2.28. The minimum Gasteiger partial charge on any atom is -0.405 e. The van der Waals surface area contributed by atoms with E-state index >= 15 is 0 Å². The molecule has 1 heterocycles. The number of halogens is 3. The highest BCUT2D eigenvalue weighted by Gasteiger charge is 2.37. The van der Waals surface area contributed by atoms with Crippen LogP contribution in [0.2, 0.25) is 0 Å². The largest absolute Gasteiger partial charge is 0.573 e. The lowest BCUT2D eigenvalue weighted by molar-refractivity contribution is -0.275. The highest BCUT2D eigenvalue weighted by molar-refractivity contribution is 5.39. The first-order chi connectivity index (χ1) is 8.41. The van der Waals surface area contributed by atoms with E-state index in [1.54, 1.807) is 12.1 Å². The summed E-state index contributed by atoms with van der Waals surface area (Å²) in [5.74, 6) is -0.252. The topological polar surface area (TPSA) is 44.5 Å². The molecule has 0 aromatic heterocycles. The zero-order valence-corrected chi connectivity index (χ0v) is 9.67. The first kappa shape index (κ1) is 13.2. The van der Waals surface area contributed by atoms with E-state index in [9.17, 15) is 13.2 Å². The summed E-state index contributed by atoms with van der Waals surface area (Å²) in [4.78, 5) is 0. The first-order valence-corrected chi connectivity index (χ1v) is 5.63. The molecule has 2 N–H and O–H groups in total. The fourth-order valence-corrected chi connectivity index (χ4v) is 2.12. The molecule has 1 saturated heterocycles. The van der Waals surface area contributed by atoms with Gasteiger partial charge in [-0.05, 0) is 18.9 Å². The standard InChI is InChI=1S/C12H14F3NO2/c13-12(14,15)18-10-5-2-1-4-9(10)11(16)6-3-7-17-8-11/h1-2,4-5H,3,6-8,16H2. The van der Waals surface area contributed by atoms with Crippen molar-refractivity contribution in [2.45, 2.75) is 24.7 Å². The Labute approximate surface area is 103 Å². The van der Waals surface area contributed by atoms with Gasteiger partial charge in [0.2, 0.25) is 0 Å². The van der Waals surface area contributed by atoms with E-state index in [1.165, 1.54) is 12.1 Å². The molecule has 0 spiro atoms. The van der Waals surface area contributed by atoms with Crippen LogP contribution in [0.5, 0.6) is 5.75 Å². The molecule has 1 atom stereocenters. The van der Waals surface area contributed by atoms with Crippen molar-refractivity contribution in [1.82, 2.24) is 0 Å². The Morgan fingerprint density at radius 2 is 2.00 bits per heavy atom. The SMILES string of the molecule is NC1(c2ccccc2OC(F)(F)F)CCCOC1. The second kappa shape index (κ2) is 4.78. The highest BCUT2D eigenvalue weighted by atomic mass is 19.4. The van der Waals surface area contributed by atoms with E-state index in [0.29, 0.717) is 18.6 Å². The second-order valence-electron chi connectivity index (χ2n) is 4.36. The summed E-state index contributed by atoms with van der Waals surface area (Å²) < 4.78 is 46.2. The maximum Gasteiger partial charge on any atom is 0.573 e. The van der Waals surface area contributed by atoms with Crippen molar-refractivity contribution in [3.8, 4) is 5.75 Å². The van der Waals surface area contributed by atoms with Crippen LogP contribution in [-0.4, -0.2) is 19.6 Å². The van der Waals surface area contributed by atoms with Crippen LogP contribution in [0.15, 0.2) is 24.3 Å². The predicted molar refractivity (Wildman–Crippen MR) is 59.0 cm³/mol. The predicted octanol–water partition coefficient (Wildman–Crippen LogP) is 2.55. The second-order valence-corrected chi connectivity index (χ2v) is 4.36. The van der Waals surface area contributed by atoms with Crippen LogP contribution in [0.25, 0.3) is 0 Å². The molecule has 0 radical (unpaired) electrons. The van der Waals surface area contributed by atoms with Gasteiger partial charge in [0.05, 0.1) is 12.1 Å². The fourth-order valence-electron chi connectivity index (χ4n) is 2.12. The molecule has 1 aliphatic rings. The van der Waals surface area contributed by atoms with Crippen molar-refractivity contribution < 1.29 is 22.6 Å². The molecule has 0 saturated carbocycles. The maximum atomic E-state index is 12.3. The van der Waals surface area contributed by atoms with Gasteiger partial charge in [0.1, 0.15) is 5.75 Å². The van der Waals surface area contributed by atoms with Gasteiger partial charge in [0, 0.05) is 12.2 Å². The average molecular weight is 261 g/mol. The molecular weight excluding hydrogens is 247 g/mol. The molecule has 0 bridgehead atoms. The summed E-state index contributed by atoms with van der Waals surface area (Å²) in [6, 6.07) is 5.95. The van der Waals surface area contributed by atoms with E-state index in [1.807, 2.05) is 0 Å². The Hall–Kier alpha value is -1.27. The highest BCUT2D eigenvalue weighted by Crippen LogP contribution is 2.36. The van der Waals surface area contributed by atoms with E-state index in [2.05, 4.69) is 4.74 Å². The number of rotatable bonds is 2.